The predicted octanol–water partition coefficient (Wildman–Crippen LogP) is 0.404. The van der Waals surface area contributed by atoms with E-state index in [1.807, 2.05) is 13.1 Å². The van der Waals surface area contributed by atoms with Crippen LogP contribution in [0.25, 0.3) is 0 Å². The molecule has 0 spiro atoms. The van der Waals surface area contributed by atoms with Crippen LogP contribution in [0.15, 0.2) is 48.5 Å². The highest BCUT2D eigenvalue weighted by molar-refractivity contribution is 5.85. The van der Waals surface area contributed by atoms with Crippen LogP contribution >= 0.6 is 0 Å². The number of rotatable bonds is 5. The largest absolute Gasteiger partial charge is 0.545 e. The molecule has 0 aliphatic heterocycles. The third kappa shape index (κ3) is 3.90. The van der Waals surface area contributed by atoms with Crippen molar-refractivity contribution in [3.8, 4) is 0 Å². The highest BCUT2D eigenvalue weighted by Gasteiger charge is 2.06. The number of carbonyl (C=O) groups is 1. The smallest absolute Gasteiger partial charge is 0.123 e. The summed E-state index contributed by atoms with van der Waals surface area (Å²) in [6.07, 6.45) is 0. The quantitative estimate of drug-likeness (QED) is 0.857. The van der Waals surface area contributed by atoms with Gasteiger partial charge in [-0.2, -0.15) is 0 Å². The Balaban J connectivity index is 1.97. The number of carboxylic acid groups (broad SMARTS) is 1. The molecule has 0 aromatic heterocycles. The Bertz CT molecular complexity index is 596. The molecule has 0 saturated heterocycles. The first-order chi connectivity index (χ1) is 9.54. The molecule has 20 heavy (non-hydrogen) atoms. The maximum Gasteiger partial charge on any atom is 0.123 e. The van der Waals surface area contributed by atoms with Gasteiger partial charge in [-0.15, -0.1) is 0 Å². The first kappa shape index (κ1) is 14.2. The van der Waals surface area contributed by atoms with Crippen molar-refractivity contribution in [3.05, 3.63) is 71.0 Å². The van der Waals surface area contributed by atoms with E-state index in [0.29, 0.717) is 6.54 Å². The highest BCUT2D eigenvalue weighted by Crippen LogP contribution is 2.04. The van der Waals surface area contributed by atoms with Crippen molar-refractivity contribution < 1.29 is 19.2 Å². The zero-order chi connectivity index (χ0) is 14.5. The van der Waals surface area contributed by atoms with Crippen LogP contribution in [0.5, 0.6) is 0 Å². The molecule has 0 amide bonds. The third-order valence-electron chi connectivity index (χ3n) is 3.09. The molecule has 104 valence electrons. The van der Waals surface area contributed by atoms with Gasteiger partial charge in [0.25, 0.3) is 0 Å². The molecule has 0 bridgehead atoms. The van der Waals surface area contributed by atoms with Crippen LogP contribution in [0.3, 0.4) is 0 Å². The lowest BCUT2D eigenvalue weighted by molar-refractivity contribution is -0.907. The normalized spacial score (nSPS) is 12.1. The summed E-state index contributed by atoms with van der Waals surface area (Å²) in [6, 6.07) is 13.2. The molecule has 0 aliphatic rings. The second-order valence-electron chi connectivity index (χ2n) is 4.92. The number of carboxylic acids is 1. The molecular weight excluding hydrogens is 257 g/mol. The fourth-order valence-corrected chi connectivity index (χ4v) is 2.17. The molecule has 0 fully saturated rings. The van der Waals surface area contributed by atoms with Crippen LogP contribution in [-0.2, 0) is 13.1 Å². The number of benzene rings is 2. The lowest BCUT2D eigenvalue weighted by atomic mass is 10.1. The van der Waals surface area contributed by atoms with Crippen LogP contribution in [0.4, 0.5) is 4.39 Å². The molecule has 3 nitrogen and oxygen atoms in total. The van der Waals surface area contributed by atoms with E-state index in [1.165, 1.54) is 17.0 Å². The van der Waals surface area contributed by atoms with Gasteiger partial charge < -0.3 is 14.8 Å². The van der Waals surface area contributed by atoms with E-state index >= 15 is 0 Å². The Morgan fingerprint density at radius 2 is 1.75 bits per heavy atom. The zero-order valence-corrected chi connectivity index (χ0v) is 11.2. The van der Waals surface area contributed by atoms with Gasteiger partial charge in [-0.1, -0.05) is 36.4 Å². The van der Waals surface area contributed by atoms with E-state index in [1.54, 1.807) is 30.3 Å². The first-order valence-electron chi connectivity index (χ1n) is 6.40. The Hall–Kier alpha value is -2.20. The standard InChI is InChI=1S/C16H16FNO2/c1-18(11-13-3-2-4-15(17)9-13)10-12-5-7-14(8-6-12)16(19)20/h2-9H,10-11H2,1H3,(H,19,20). The Morgan fingerprint density at radius 3 is 2.35 bits per heavy atom. The molecule has 0 heterocycles. The van der Waals surface area contributed by atoms with Gasteiger partial charge in [-0.25, -0.2) is 4.39 Å². The number of carbonyl (C=O) groups excluding carboxylic acids is 1. The molecule has 2 aromatic rings. The topological polar surface area (TPSA) is 44.6 Å². The molecule has 1 N–H and O–H groups in total. The van der Waals surface area contributed by atoms with Crippen molar-refractivity contribution in [2.24, 2.45) is 0 Å². The van der Waals surface area contributed by atoms with Gasteiger partial charge in [0, 0.05) is 11.1 Å². The molecule has 4 heteroatoms. The van der Waals surface area contributed by atoms with Crippen molar-refractivity contribution in [2.75, 3.05) is 7.05 Å². The summed E-state index contributed by atoms with van der Waals surface area (Å²) in [7, 11) is 2.01. The third-order valence-corrected chi connectivity index (χ3v) is 3.09. The van der Waals surface area contributed by atoms with Crippen LogP contribution in [0, 0.1) is 5.82 Å². The van der Waals surface area contributed by atoms with Crippen LogP contribution < -0.4 is 10.0 Å². The Labute approximate surface area is 117 Å². The average molecular weight is 273 g/mol. The van der Waals surface area contributed by atoms with Gasteiger partial charge in [0.15, 0.2) is 0 Å². The van der Waals surface area contributed by atoms with Crippen molar-refractivity contribution in [3.63, 3.8) is 0 Å². The van der Waals surface area contributed by atoms with Gasteiger partial charge >= 0.3 is 0 Å². The number of hydrogen-bond acceptors (Lipinski definition) is 2. The SMILES string of the molecule is C[NH+](Cc1ccc(C(=O)[O-])cc1)Cc1cccc(F)c1. The van der Waals surface area contributed by atoms with Crippen molar-refractivity contribution in [1.29, 1.82) is 0 Å². The van der Waals surface area contributed by atoms with Crippen molar-refractivity contribution >= 4 is 5.97 Å². The summed E-state index contributed by atoms with van der Waals surface area (Å²) < 4.78 is 13.1. The van der Waals surface area contributed by atoms with E-state index in [9.17, 15) is 14.3 Å². The lowest BCUT2D eigenvalue weighted by Crippen LogP contribution is -3.06. The summed E-state index contributed by atoms with van der Waals surface area (Å²) in [5, 5.41) is 10.7. The number of quaternary nitrogens is 1. The monoisotopic (exact) mass is 273 g/mol. The molecule has 2 rings (SSSR count). The molecule has 0 radical (unpaired) electrons. The van der Waals surface area contributed by atoms with Gasteiger partial charge in [-0.05, 0) is 17.7 Å². The van der Waals surface area contributed by atoms with Crippen LogP contribution in [-0.4, -0.2) is 13.0 Å². The molecule has 0 saturated carbocycles. The van der Waals surface area contributed by atoms with Crippen LogP contribution in [0.1, 0.15) is 21.5 Å². The van der Waals surface area contributed by atoms with Gasteiger partial charge in [0.05, 0.1) is 13.0 Å². The summed E-state index contributed by atoms with van der Waals surface area (Å²) in [5.41, 5.74) is 2.15. The predicted molar refractivity (Wildman–Crippen MR) is 71.5 cm³/mol. The Kier molecular flexibility index (Phi) is 4.48. The first-order valence-corrected chi connectivity index (χ1v) is 6.40. The van der Waals surface area contributed by atoms with Crippen LogP contribution in [0.2, 0.25) is 0 Å². The second-order valence-corrected chi connectivity index (χ2v) is 4.92. The fraction of sp³-hybridized carbons (Fsp3) is 0.188. The maximum absolute atomic E-state index is 13.1. The summed E-state index contributed by atoms with van der Waals surface area (Å²) >= 11 is 0. The minimum atomic E-state index is -1.17. The number of aromatic carboxylic acids is 1. The lowest BCUT2D eigenvalue weighted by Gasteiger charge is -2.14. The summed E-state index contributed by atoms with van der Waals surface area (Å²) in [5.74, 6) is -1.40. The fourth-order valence-electron chi connectivity index (χ4n) is 2.17. The Morgan fingerprint density at radius 1 is 1.10 bits per heavy atom. The molecule has 1 atom stereocenters. The van der Waals surface area contributed by atoms with Gasteiger partial charge in [0.1, 0.15) is 18.9 Å². The molecular formula is C16H16FNO2. The number of halogens is 1. The zero-order valence-electron chi connectivity index (χ0n) is 11.2. The minimum absolute atomic E-state index is 0.177. The average Bonchev–Trinajstić information content (AvgIpc) is 2.39. The molecule has 1 unspecified atom stereocenters. The van der Waals surface area contributed by atoms with Gasteiger partial charge in [0.2, 0.25) is 0 Å². The maximum atomic E-state index is 13.1. The minimum Gasteiger partial charge on any atom is -0.545 e. The summed E-state index contributed by atoms with van der Waals surface area (Å²) in [4.78, 5) is 11.8. The molecule has 0 aliphatic carbocycles. The molecule has 2 aromatic carbocycles. The van der Waals surface area contributed by atoms with E-state index < -0.39 is 5.97 Å². The van der Waals surface area contributed by atoms with E-state index in [2.05, 4.69) is 0 Å². The van der Waals surface area contributed by atoms with E-state index in [4.69, 9.17) is 0 Å². The van der Waals surface area contributed by atoms with E-state index in [0.717, 1.165) is 17.7 Å². The van der Waals surface area contributed by atoms with Crippen molar-refractivity contribution in [2.45, 2.75) is 13.1 Å². The van der Waals surface area contributed by atoms with Crippen molar-refractivity contribution in [1.82, 2.24) is 0 Å². The second kappa shape index (κ2) is 6.30. The summed E-state index contributed by atoms with van der Waals surface area (Å²) in [6.45, 7) is 1.45. The number of nitrogens with one attached hydrogen (secondary N) is 1. The van der Waals surface area contributed by atoms with E-state index in [-0.39, 0.29) is 11.4 Å². The number of hydrogen-bond donors (Lipinski definition) is 1. The van der Waals surface area contributed by atoms with Gasteiger partial charge in [-0.3, -0.25) is 0 Å². The highest BCUT2D eigenvalue weighted by atomic mass is 19.1.